The molecular weight excluding hydrogens is 459 g/mol. The van der Waals surface area contributed by atoms with Crippen LogP contribution in [0.15, 0.2) is 27.1 Å². The molecule has 0 spiro atoms. The minimum atomic E-state index is -6.02. The first-order valence-corrected chi connectivity index (χ1v) is 6.86. The molecule has 0 aliphatic rings. The van der Waals surface area contributed by atoms with Crippen LogP contribution in [0.1, 0.15) is 0 Å². The highest BCUT2D eigenvalue weighted by Gasteiger charge is 2.75. The van der Waals surface area contributed by atoms with Crippen LogP contribution in [0.3, 0.4) is 0 Å². The molecule has 0 bridgehead atoms. The molecule has 0 unspecified atom stereocenters. The number of hydrogen-bond donors (Lipinski definition) is 1. The number of anilines is 1. The average Bonchev–Trinajstić information content (AvgIpc) is 2.28. The Hall–Kier alpha value is -0.480. The predicted molar refractivity (Wildman–Crippen MR) is 71.2 cm³/mol. The van der Waals surface area contributed by atoms with E-state index >= 15 is 0 Å². The van der Waals surface area contributed by atoms with Gasteiger partial charge in [0.25, 0.3) is 5.91 Å². The first-order chi connectivity index (χ1) is 9.30. The van der Waals surface area contributed by atoms with Gasteiger partial charge in [0.05, 0.1) is 5.69 Å². The summed E-state index contributed by atoms with van der Waals surface area (Å²) in [6.07, 6.45) is -12.0. The van der Waals surface area contributed by atoms with E-state index in [0.29, 0.717) is 4.47 Å². The van der Waals surface area contributed by atoms with Crippen molar-refractivity contribution in [2.24, 2.45) is 0 Å². The lowest BCUT2D eigenvalue weighted by Crippen LogP contribution is -2.60. The van der Waals surface area contributed by atoms with Crippen LogP contribution in [0.25, 0.3) is 0 Å². The molecule has 0 saturated heterocycles. The van der Waals surface area contributed by atoms with E-state index in [2.05, 4.69) is 43.5 Å². The summed E-state index contributed by atoms with van der Waals surface area (Å²) in [6, 6.07) is 3.75. The van der Waals surface area contributed by atoms with E-state index in [-0.39, 0.29) is 10.2 Å². The minimum absolute atomic E-state index is 0.0774. The molecule has 0 aliphatic carbocycles. The van der Waals surface area contributed by atoms with Crippen molar-refractivity contribution in [2.45, 2.75) is 17.2 Å². The highest BCUT2D eigenvalue weighted by molar-refractivity contribution is 9.11. The van der Waals surface area contributed by atoms with Crippen molar-refractivity contribution in [3.63, 3.8) is 0 Å². The number of rotatable bonds is 2. The zero-order valence-corrected chi connectivity index (χ0v) is 13.5. The number of carbonyl (C=O) groups excluding carboxylic acids is 1. The van der Waals surface area contributed by atoms with E-state index < -0.39 is 23.1 Å². The van der Waals surface area contributed by atoms with Crippen LogP contribution < -0.4 is 5.32 Å². The third-order valence-electron chi connectivity index (χ3n) is 2.27. The smallest absolute Gasteiger partial charge is 0.323 e. The van der Waals surface area contributed by atoms with Gasteiger partial charge in [-0.05, 0) is 34.1 Å². The van der Waals surface area contributed by atoms with E-state index in [9.17, 15) is 31.1 Å². The molecule has 1 amide bonds. The number of hydrogen-bond acceptors (Lipinski definition) is 1. The Balaban J connectivity index is 3.20. The molecule has 0 aromatic heterocycles. The van der Waals surface area contributed by atoms with Gasteiger partial charge < -0.3 is 5.32 Å². The summed E-state index contributed by atoms with van der Waals surface area (Å²) in [6.45, 7) is 0. The Kier molecular flexibility index (Phi) is 5.27. The SMILES string of the molecule is O=C(Nc1ccc(Br)cc1Br)C(Cl)(C(F)(F)F)C(F)(F)F. The molecule has 0 fully saturated rings. The first-order valence-electron chi connectivity index (χ1n) is 4.89. The molecule has 0 saturated carbocycles. The number of carbonyl (C=O) groups is 1. The lowest BCUT2D eigenvalue weighted by atomic mass is 10.1. The summed E-state index contributed by atoms with van der Waals surface area (Å²) in [4.78, 5) is 6.41. The summed E-state index contributed by atoms with van der Waals surface area (Å²) < 4.78 is 76.1. The highest BCUT2D eigenvalue weighted by Crippen LogP contribution is 2.48. The van der Waals surface area contributed by atoms with E-state index in [1.165, 1.54) is 17.4 Å². The lowest BCUT2D eigenvalue weighted by Gasteiger charge is -2.30. The zero-order chi connectivity index (χ0) is 16.6. The third-order valence-corrected chi connectivity index (χ3v) is 4.02. The molecule has 0 heterocycles. The Bertz CT molecular complexity index is 545. The monoisotopic (exact) mass is 461 g/mol. The number of benzene rings is 1. The van der Waals surface area contributed by atoms with Gasteiger partial charge in [0.1, 0.15) is 0 Å². The molecule has 0 atom stereocenters. The normalized spacial score (nSPS) is 13.2. The van der Waals surface area contributed by atoms with E-state index in [1.807, 2.05) is 0 Å². The molecule has 0 aliphatic heterocycles. The van der Waals surface area contributed by atoms with Crippen molar-refractivity contribution in [3.05, 3.63) is 27.1 Å². The van der Waals surface area contributed by atoms with Crippen molar-refractivity contribution >= 4 is 55.1 Å². The van der Waals surface area contributed by atoms with Gasteiger partial charge in [0, 0.05) is 8.95 Å². The zero-order valence-electron chi connectivity index (χ0n) is 9.54. The molecule has 1 N–H and O–H groups in total. The quantitative estimate of drug-likeness (QED) is 0.471. The molecule has 11 heteroatoms. The van der Waals surface area contributed by atoms with Crippen molar-refractivity contribution in [1.29, 1.82) is 0 Å². The second kappa shape index (κ2) is 5.96. The van der Waals surface area contributed by atoms with Crippen LogP contribution in [0, 0.1) is 0 Å². The van der Waals surface area contributed by atoms with Crippen LogP contribution in [-0.4, -0.2) is 23.1 Å². The van der Waals surface area contributed by atoms with Crippen molar-refractivity contribution in [3.8, 4) is 0 Å². The van der Waals surface area contributed by atoms with Gasteiger partial charge in [0.15, 0.2) is 0 Å². The topological polar surface area (TPSA) is 29.1 Å². The maximum atomic E-state index is 12.6. The largest absolute Gasteiger partial charge is 0.425 e. The molecule has 1 rings (SSSR count). The fourth-order valence-corrected chi connectivity index (χ4v) is 2.41. The Morgan fingerprint density at radius 2 is 1.52 bits per heavy atom. The van der Waals surface area contributed by atoms with Gasteiger partial charge in [-0.15, -0.1) is 0 Å². The minimum Gasteiger partial charge on any atom is -0.323 e. The Morgan fingerprint density at radius 3 is 1.90 bits per heavy atom. The fourth-order valence-electron chi connectivity index (χ4n) is 1.22. The molecule has 118 valence electrons. The second-order valence-electron chi connectivity index (χ2n) is 3.73. The van der Waals surface area contributed by atoms with Crippen LogP contribution in [0.2, 0.25) is 0 Å². The number of nitrogens with one attached hydrogen (secondary N) is 1. The van der Waals surface area contributed by atoms with Crippen molar-refractivity contribution < 1.29 is 31.1 Å². The summed E-state index contributed by atoms with van der Waals surface area (Å²) in [5.74, 6) is -2.44. The van der Waals surface area contributed by atoms with Gasteiger partial charge in [-0.25, -0.2) is 0 Å². The second-order valence-corrected chi connectivity index (χ2v) is 6.07. The van der Waals surface area contributed by atoms with Gasteiger partial charge in [0.2, 0.25) is 0 Å². The fraction of sp³-hybridized carbons (Fsp3) is 0.300. The van der Waals surface area contributed by atoms with Crippen molar-refractivity contribution in [1.82, 2.24) is 0 Å². The summed E-state index contributed by atoms with van der Waals surface area (Å²) >= 11 is 10.5. The number of halogens is 9. The van der Waals surface area contributed by atoms with Crippen molar-refractivity contribution in [2.75, 3.05) is 5.32 Å². The molecular formula is C10H4Br2ClF6NO. The van der Waals surface area contributed by atoms with Gasteiger partial charge in [-0.2, -0.15) is 26.3 Å². The van der Waals surface area contributed by atoms with Crippen LogP contribution in [0.4, 0.5) is 32.0 Å². The summed E-state index contributed by atoms with van der Waals surface area (Å²) in [5, 5.41) is 1.51. The van der Waals surface area contributed by atoms with Gasteiger partial charge in [-0.1, -0.05) is 27.5 Å². The van der Waals surface area contributed by atoms with Crippen LogP contribution in [-0.2, 0) is 4.79 Å². The third kappa shape index (κ3) is 3.65. The number of alkyl halides is 7. The Morgan fingerprint density at radius 1 is 1.05 bits per heavy atom. The lowest BCUT2D eigenvalue weighted by molar-refractivity contribution is -0.258. The van der Waals surface area contributed by atoms with Crippen LogP contribution in [0.5, 0.6) is 0 Å². The van der Waals surface area contributed by atoms with Gasteiger partial charge in [-0.3, -0.25) is 4.79 Å². The highest BCUT2D eigenvalue weighted by atomic mass is 79.9. The molecule has 2 nitrogen and oxygen atoms in total. The molecule has 0 radical (unpaired) electrons. The number of amides is 1. The van der Waals surface area contributed by atoms with E-state index in [0.717, 1.165) is 6.07 Å². The van der Waals surface area contributed by atoms with Gasteiger partial charge >= 0.3 is 17.2 Å². The average molecular weight is 463 g/mol. The molecule has 1 aromatic carbocycles. The standard InChI is InChI=1S/C10H4Br2ClF6NO/c11-4-1-2-6(5(12)3-4)20-7(21)8(13,9(14,15)16)10(17,18)19/h1-3H,(H,20,21). The van der Waals surface area contributed by atoms with Crippen LogP contribution >= 0.6 is 43.5 Å². The Labute approximate surface area is 136 Å². The van der Waals surface area contributed by atoms with E-state index in [1.54, 1.807) is 0 Å². The maximum Gasteiger partial charge on any atom is 0.425 e. The predicted octanol–water partition coefficient (Wildman–Crippen LogP) is 5.25. The summed E-state index contributed by atoms with van der Waals surface area (Å²) in [5.41, 5.74) is -0.290. The molecule has 1 aromatic rings. The maximum absolute atomic E-state index is 12.6. The molecule has 21 heavy (non-hydrogen) atoms. The van der Waals surface area contributed by atoms with E-state index in [4.69, 9.17) is 0 Å². The first kappa shape index (κ1) is 18.6. The summed E-state index contributed by atoms with van der Waals surface area (Å²) in [7, 11) is 0.